The van der Waals surface area contributed by atoms with E-state index in [-0.39, 0.29) is 5.75 Å². The third-order valence-electron chi connectivity index (χ3n) is 1.77. The lowest BCUT2D eigenvalue weighted by Gasteiger charge is -2.06. The molecule has 0 aliphatic heterocycles. The molecule has 94 valence electrons. The summed E-state index contributed by atoms with van der Waals surface area (Å²) in [6, 6.07) is 1.46. The van der Waals surface area contributed by atoms with E-state index in [1.807, 2.05) is 6.92 Å². The van der Waals surface area contributed by atoms with Gasteiger partial charge in [-0.3, -0.25) is 5.32 Å². The first kappa shape index (κ1) is 13.3. The van der Waals surface area contributed by atoms with Crippen LogP contribution in [0.15, 0.2) is 11.4 Å². The molecule has 1 aromatic rings. The zero-order valence-electron chi connectivity index (χ0n) is 9.26. The average molecular weight is 259 g/mol. The number of thiophene rings is 1. The van der Waals surface area contributed by atoms with Crippen LogP contribution in [0.2, 0.25) is 0 Å². The summed E-state index contributed by atoms with van der Waals surface area (Å²) >= 11 is 1.16. The average Bonchev–Trinajstić information content (AvgIpc) is 2.65. The van der Waals surface area contributed by atoms with Gasteiger partial charge >= 0.3 is 12.2 Å². The molecule has 0 atom stereocenters. The number of carboxylic acid groups (broad SMARTS) is 1. The summed E-state index contributed by atoms with van der Waals surface area (Å²) in [5.41, 5.74) is 0. The van der Waals surface area contributed by atoms with Crippen molar-refractivity contribution in [3.63, 3.8) is 0 Å². The lowest BCUT2D eigenvalue weighted by atomic mass is 10.4. The Hall–Kier alpha value is -1.76. The third-order valence-corrected chi connectivity index (χ3v) is 2.58. The molecule has 0 radical (unpaired) electrons. The van der Waals surface area contributed by atoms with Gasteiger partial charge in [0.05, 0.1) is 6.61 Å². The first-order valence-corrected chi connectivity index (χ1v) is 5.93. The van der Waals surface area contributed by atoms with Crippen LogP contribution in [0.1, 0.15) is 19.8 Å². The predicted molar refractivity (Wildman–Crippen MR) is 62.9 cm³/mol. The van der Waals surface area contributed by atoms with E-state index in [2.05, 4.69) is 10.1 Å². The van der Waals surface area contributed by atoms with Crippen LogP contribution in [0.3, 0.4) is 0 Å². The van der Waals surface area contributed by atoms with Gasteiger partial charge in [0.25, 0.3) is 0 Å². The Balaban J connectivity index is 2.47. The Morgan fingerprint density at radius 1 is 1.53 bits per heavy atom. The van der Waals surface area contributed by atoms with E-state index in [4.69, 9.17) is 9.84 Å². The second-order valence-corrected chi connectivity index (χ2v) is 4.01. The van der Waals surface area contributed by atoms with Gasteiger partial charge < -0.3 is 14.6 Å². The number of amides is 1. The molecule has 0 saturated heterocycles. The number of hydrogen-bond donors (Lipinski definition) is 2. The minimum absolute atomic E-state index is 0.0925. The molecule has 1 amide bonds. The number of nitrogens with one attached hydrogen (secondary N) is 1. The largest absolute Gasteiger partial charge is 0.511 e. The first-order valence-electron chi connectivity index (χ1n) is 5.05. The first-order chi connectivity index (χ1) is 8.13. The number of carbonyl (C=O) groups is 2. The zero-order chi connectivity index (χ0) is 12.7. The summed E-state index contributed by atoms with van der Waals surface area (Å²) in [4.78, 5) is 21.6. The molecule has 0 fully saturated rings. The topological polar surface area (TPSA) is 84.9 Å². The van der Waals surface area contributed by atoms with Gasteiger partial charge in [0.2, 0.25) is 0 Å². The molecule has 6 nitrogen and oxygen atoms in total. The van der Waals surface area contributed by atoms with Gasteiger partial charge in [-0.25, -0.2) is 9.59 Å². The highest BCUT2D eigenvalue weighted by Crippen LogP contribution is 2.31. The van der Waals surface area contributed by atoms with E-state index in [1.165, 1.54) is 6.07 Å². The predicted octanol–water partition coefficient (Wildman–Crippen LogP) is 3.15. The van der Waals surface area contributed by atoms with Gasteiger partial charge in [-0.05, 0) is 17.9 Å². The van der Waals surface area contributed by atoms with E-state index in [0.717, 1.165) is 24.2 Å². The fraction of sp³-hybridized carbons (Fsp3) is 0.400. The van der Waals surface area contributed by atoms with Crippen LogP contribution in [0.25, 0.3) is 0 Å². The summed E-state index contributed by atoms with van der Waals surface area (Å²) in [6.07, 6.45) is -0.322. The monoisotopic (exact) mass is 259 g/mol. The maximum Gasteiger partial charge on any atom is 0.511 e. The quantitative estimate of drug-likeness (QED) is 0.626. The smallest absolute Gasteiger partial charge is 0.449 e. The molecule has 0 aliphatic rings. The maximum absolute atomic E-state index is 11.3. The van der Waals surface area contributed by atoms with Crippen molar-refractivity contribution in [3.05, 3.63) is 11.4 Å². The van der Waals surface area contributed by atoms with E-state index in [0.29, 0.717) is 11.6 Å². The Bertz CT molecular complexity index is 390. The molecule has 1 rings (SSSR count). The van der Waals surface area contributed by atoms with Gasteiger partial charge in [-0.15, -0.1) is 11.3 Å². The van der Waals surface area contributed by atoms with Gasteiger partial charge in [0.1, 0.15) is 5.00 Å². The maximum atomic E-state index is 11.3. The van der Waals surface area contributed by atoms with Crippen molar-refractivity contribution >= 4 is 28.6 Å². The van der Waals surface area contributed by atoms with Crippen LogP contribution in [-0.2, 0) is 4.74 Å². The van der Waals surface area contributed by atoms with Crippen molar-refractivity contribution in [1.82, 2.24) is 0 Å². The second-order valence-electron chi connectivity index (χ2n) is 3.10. The van der Waals surface area contributed by atoms with Crippen LogP contribution in [0, 0.1) is 0 Å². The Labute approximate surface area is 102 Å². The Morgan fingerprint density at radius 2 is 2.29 bits per heavy atom. The molecular weight excluding hydrogens is 246 g/mol. The highest BCUT2D eigenvalue weighted by atomic mass is 32.1. The minimum atomic E-state index is -1.43. The van der Waals surface area contributed by atoms with E-state index >= 15 is 0 Å². The molecule has 1 heterocycles. The number of hydrogen-bond acceptors (Lipinski definition) is 5. The lowest BCUT2D eigenvalue weighted by molar-refractivity contribution is 0.144. The van der Waals surface area contributed by atoms with E-state index in [9.17, 15) is 9.59 Å². The third kappa shape index (κ3) is 4.73. The van der Waals surface area contributed by atoms with Crippen molar-refractivity contribution in [3.8, 4) is 5.75 Å². The van der Waals surface area contributed by atoms with Crippen molar-refractivity contribution in [2.75, 3.05) is 11.9 Å². The van der Waals surface area contributed by atoms with Crippen molar-refractivity contribution in [1.29, 1.82) is 0 Å². The lowest BCUT2D eigenvalue weighted by Crippen LogP contribution is -2.14. The number of rotatable bonds is 5. The van der Waals surface area contributed by atoms with E-state index < -0.39 is 12.2 Å². The summed E-state index contributed by atoms with van der Waals surface area (Å²) in [5, 5.41) is 12.8. The fourth-order valence-electron chi connectivity index (χ4n) is 1.00. The minimum Gasteiger partial charge on any atom is -0.449 e. The molecule has 17 heavy (non-hydrogen) atoms. The standard InChI is InChI=1S/C10H13NO5S/c1-2-3-5-15-9(12)11-8-7(4-6-17-8)16-10(13)14/h4,6H,2-3,5H2,1H3,(H,11,12)(H,13,14). The SMILES string of the molecule is CCCCOC(=O)Nc1sccc1OC(=O)O. The van der Waals surface area contributed by atoms with Crippen LogP contribution in [0.5, 0.6) is 5.75 Å². The molecule has 0 spiro atoms. The highest BCUT2D eigenvalue weighted by Gasteiger charge is 2.12. The Kier molecular flexibility index (Phi) is 5.28. The molecule has 7 heteroatoms. The van der Waals surface area contributed by atoms with Crippen LogP contribution < -0.4 is 10.1 Å². The number of unbranched alkanes of at least 4 members (excludes halogenated alkanes) is 1. The molecule has 0 unspecified atom stereocenters. The number of anilines is 1. The van der Waals surface area contributed by atoms with Crippen LogP contribution in [-0.4, -0.2) is 24.0 Å². The van der Waals surface area contributed by atoms with E-state index in [1.54, 1.807) is 5.38 Å². The molecule has 0 aliphatic carbocycles. The number of ether oxygens (including phenoxy) is 2. The normalized spacial score (nSPS) is 9.71. The van der Waals surface area contributed by atoms with Crippen molar-refractivity contribution in [2.24, 2.45) is 0 Å². The summed E-state index contributed by atoms with van der Waals surface area (Å²) < 4.78 is 9.34. The fourth-order valence-corrected chi connectivity index (χ4v) is 1.70. The van der Waals surface area contributed by atoms with Gasteiger partial charge in [-0.1, -0.05) is 13.3 Å². The van der Waals surface area contributed by atoms with Crippen molar-refractivity contribution in [2.45, 2.75) is 19.8 Å². The molecule has 0 bridgehead atoms. The van der Waals surface area contributed by atoms with Gasteiger partial charge in [0.15, 0.2) is 5.75 Å². The molecular formula is C10H13NO5S. The van der Waals surface area contributed by atoms with Crippen LogP contribution >= 0.6 is 11.3 Å². The van der Waals surface area contributed by atoms with Crippen LogP contribution in [0.4, 0.5) is 14.6 Å². The summed E-state index contributed by atoms with van der Waals surface area (Å²) in [6.45, 7) is 2.32. The molecule has 0 aromatic carbocycles. The summed E-state index contributed by atoms with van der Waals surface area (Å²) in [7, 11) is 0. The molecule has 0 saturated carbocycles. The van der Waals surface area contributed by atoms with Gasteiger partial charge in [0, 0.05) is 0 Å². The second kappa shape index (κ2) is 6.74. The van der Waals surface area contributed by atoms with Crippen molar-refractivity contribution < 1.29 is 24.2 Å². The highest BCUT2D eigenvalue weighted by molar-refractivity contribution is 7.14. The number of carbonyl (C=O) groups excluding carboxylic acids is 1. The Morgan fingerprint density at radius 3 is 2.94 bits per heavy atom. The van der Waals surface area contributed by atoms with Gasteiger partial charge in [-0.2, -0.15) is 0 Å². The summed E-state index contributed by atoms with van der Waals surface area (Å²) in [5.74, 6) is 0.0925. The molecule has 1 aromatic heterocycles. The molecule has 2 N–H and O–H groups in total. The zero-order valence-corrected chi connectivity index (χ0v) is 10.1.